The first kappa shape index (κ1) is 27.0. The Morgan fingerprint density at radius 3 is 2.57 bits per heavy atom. The van der Waals surface area contributed by atoms with Gasteiger partial charge in [0.2, 0.25) is 0 Å². The minimum atomic E-state index is -0.301. The zero-order chi connectivity index (χ0) is 26.7. The maximum absolute atomic E-state index is 16.0. The summed E-state index contributed by atoms with van der Waals surface area (Å²) in [5, 5.41) is 3.46. The highest BCUT2D eigenvalue weighted by molar-refractivity contribution is 6.01. The van der Waals surface area contributed by atoms with E-state index in [9.17, 15) is 0 Å². The summed E-state index contributed by atoms with van der Waals surface area (Å²) in [6.07, 6.45) is 12.3. The van der Waals surface area contributed by atoms with Crippen molar-refractivity contribution in [3.63, 3.8) is 0 Å². The zero-order valence-electron chi connectivity index (χ0n) is 23.5. The molecule has 4 heteroatoms. The summed E-state index contributed by atoms with van der Waals surface area (Å²) >= 11 is 0. The van der Waals surface area contributed by atoms with Crippen molar-refractivity contribution in [1.82, 2.24) is 0 Å². The lowest BCUT2D eigenvalue weighted by Gasteiger charge is -2.42. The van der Waals surface area contributed by atoms with E-state index in [1.54, 1.807) is 0 Å². The molecule has 0 saturated heterocycles. The molecular weight excluding hydrogens is 457 g/mol. The van der Waals surface area contributed by atoms with Crippen molar-refractivity contribution >= 4 is 22.6 Å². The second kappa shape index (κ2) is 11.6. The Bertz CT molecular complexity index is 1220. The third-order valence-corrected chi connectivity index (χ3v) is 7.86. The number of nitrogens with two attached hydrogens (primary N) is 1. The summed E-state index contributed by atoms with van der Waals surface area (Å²) in [7, 11) is 0. The molecule has 3 N–H and O–H groups in total. The van der Waals surface area contributed by atoms with E-state index in [0.717, 1.165) is 66.5 Å². The second-order valence-electron chi connectivity index (χ2n) is 10.9. The first-order valence-corrected chi connectivity index (χ1v) is 14.1. The second-order valence-corrected chi connectivity index (χ2v) is 10.9. The number of allylic oxidation sites excluding steroid dienone is 5. The van der Waals surface area contributed by atoms with Crippen LogP contribution in [0.2, 0.25) is 0 Å². The standard InChI is InChI=1S/C33H44FN3/c1-7-10-22(5)28-20-37-23(6)13-18-27-32(30(34)31(35)29(33(27)37)26(28)11-8-2)36-19-9-12-24-14-16-25(17-15-24)21(3)4/h10-11,14-17,20-21,23,36H,7-9,12-13,18-19,35H2,1-6H3/b22-10-,26-11?. The molecule has 1 unspecified atom stereocenters. The van der Waals surface area contributed by atoms with Gasteiger partial charge in [0, 0.05) is 35.5 Å². The van der Waals surface area contributed by atoms with Gasteiger partial charge < -0.3 is 16.0 Å². The van der Waals surface area contributed by atoms with Gasteiger partial charge in [-0.25, -0.2) is 4.39 Å². The van der Waals surface area contributed by atoms with Crippen LogP contribution in [-0.4, -0.2) is 12.6 Å². The molecule has 4 rings (SSSR count). The highest BCUT2D eigenvalue weighted by Gasteiger charge is 2.36. The van der Waals surface area contributed by atoms with E-state index in [0.29, 0.717) is 24.2 Å². The fraction of sp³-hybridized carbons (Fsp3) is 0.455. The van der Waals surface area contributed by atoms with Crippen LogP contribution in [-0.2, 0) is 12.8 Å². The summed E-state index contributed by atoms with van der Waals surface area (Å²) in [5.41, 5.74) is 16.6. The molecule has 2 aromatic carbocycles. The Hall–Kier alpha value is -3.01. The van der Waals surface area contributed by atoms with Crippen LogP contribution >= 0.6 is 0 Å². The molecule has 0 bridgehead atoms. The Kier molecular flexibility index (Phi) is 8.46. The van der Waals surface area contributed by atoms with Gasteiger partial charge >= 0.3 is 0 Å². The topological polar surface area (TPSA) is 41.3 Å². The van der Waals surface area contributed by atoms with Crippen molar-refractivity contribution in [2.24, 2.45) is 0 Å². The highest BCUT2D eigenvalue weighted by atomic mass is 19.1. The molecule has 1 atom stereocenters. The summed E-state index contributed by atoms with van der Waals surface area (Å²) in [5.74, 6) is 0.238. The molecule has 2 heterocycles. The van der Waals surface area contributed by atoms with E-state index in [-0.39, 0.29) is 11.5 Å². The first-order valence-electron chi connectivity index (χ1n) is 14.1. The Morgan fingerprint density at radius 1 is 1.19 bits per heavy atom. The SMILES string of the molecule is CCC=C1C(/C(C)=C\CC)=CN2c3c(c(NCCCc4ccc(C(C)C)cc4)c(F)c(N)c31)CCC2C. The van der Waals surface area contributed by atoms with E-state index < -0.39 is 0 Å². The molecule has 37 heavy (non-hydrogen) atoms. The average molecular weight is 502 g/mol. The third kappa shape index (κ3) is 5.35. The number of nitrogens with zero attached hydrogens (tertiary/aromatic N) is 1. The molecule has 0 spiro atoms. The van der Waals surface area contributed by atoms with Gasteiger partial charge in [0.25, 0.3) is 0 Å². The van der Waals surface area contributed by atoms with E-state index in [1.807, 2.05) is 0 Å². The number of rotatable bonds is 9. The Balaban J connectivity index is 1.65. The molecule has 2 aliphatic heterocycles. The summed E-state index contributed by atoms with van der Waals surface area (Å²) in [6.45, 7) is 13.8. The minimum absolute atomic E-state index is 0.263. The average Bonchev–Trinajstić information content (AvgIpc) is 2.88. The number of aryl methyl sites for hydroxylation is 1. The number of benzene rings is 2. The number of anilines is 3. The van der Waals surface area contributed by atoms with Crippen molar-refractivity contribution in [2.75, 3.05) is 22.5 Å². The van der Waals surface area contributed by atoms with Crippen LogP contribution in [0.15, 0.2) is 53.8 Å². The molecule has 3 nitrogen and oxygen atoms in total. The van der Waals surface area contributed by atoms with Gasteiger partial charge in [0.05, 0.1) is 17.1 Å². The molecule has 0 aliphatic carbocycles. The van der Waals surface area contributed by atoms with Crippen molar-refractivity contribution < 1.29 is 4.39 Å². The zero-order valence-corrected chi connectivity index (χ0v) is 23.5. The monoisotopic (exact) mass is 501 g/mol. The fourth-order valence-electron chi connectivity index (χ4n) is 5.73. The molecule has 2 aliphatic rings. The van der Waals surface area contributed by atoms with Crippen LogP contribution in [0.4, 0.5) is 21.5 Å². The maximum atomic E-state index is 16.0. The third-order valence-electron chi connectivity index (χ3n) is 7.86. The van der Waals surface area contributed by atoms with Crippen LogP contribution in [0.5, 0.6) is 0 Å². The van der Waals surface area contributed by atoms with Crippen molar-refractivity contribution in [3.8, 4) is 0 Å². The number of nitrogen functional groups attached to an aromatic ring is 1. The number of hydrogen-bond acceptors (Lipinski definition) is 3. The molecule has 0 saturated carbocycles. The predicted octanol–water partition coefficient (Wildman–Crippen LogP) is 8.76. The van der Waals surface area contributed by atoms with Crippen LogP contribution in [0, 0.1) is 5.82 Å². The van der Waals surface area contributed by atoms with Crippen LogP contribution in [0.3, 0.4) is 0 Å². The van der Waals surface area contributed by atoms with Crippen LogP contribution in [0.1, 0.15) is 95.4 Å². The molecule has 198 valence electrons. The lowest BCUT2D eigenvalue weighted by atomic mass is 9.81. The molecular formula is C33H44FN3. The van der Waals surface area contributed by atoms with Gasteiger partial charge in [-0.3, -0.25) is 0 Å². The van der Waals surface area contributed by atoms with Gasteiger partial charge in [-0.2, -0.15) is 0 Å². The number of hydrogen-bond donors (Lipinski definition) is 2. The highest BCUT2D eigenvalue weighted by Crippen LogP contribution is 2.51. The lowest BCUT2D eigenvalue weighted by Crippen LogP contribution is -2.37. The van der Waals surface area contributed by atoms with Gasteiger partial charge in [0.15, 0.2) is 5.82 Å². The van der Waals surface area contributed by atoms with Gasteiger partial charge in [0.1, 0.15) is 0 Å². The normalized spacial score (nSPS) is 18.3. The van der Waals surface area contributed by atoms with Crippen LogP contribution < -0.4 is 16.0 Å². The van der Waals surface area contributed by atoms with Gasteiger partial charge in [-0.05, 0) is 80.6 Å². The van der Waals surface area contributed by atoms with Crippen LogP contribution in [0.25, 0.3) is 5.57 Å². The smallest absolute Gasteiger partial charge is 0.170 e. The van der Waals surface area contributed by atoms with Crippen molar-refractivity contribution in [1.29, 1.82) is 0 Å². The quantitative estimate of drug-likeness (QED) is 0.266. The first-order chi connectivity index (χ1) is 17.8. The Morgan fingerprint density at radius 2 is 1.92 bits per heavy atom. The largest absolute Gasteiger partial charge is 0.396 e. The summed E-state index contributed by atoms with van der Waals surface area (Å²) in [6, 6.07) is 9.22. The fourth-order valence-corrected chi connectivity index (χ4v) is 5.73. The number of halogens is 1. The molecule has 0 amide bonds. The number of nitrogens with one attached hydrogen (secondary N) is 1. The molecule has 0 aromatic heterocycles. The van der Waals surface area contributed by atoms with E-state index in [2.05, 4.69) is 94.4 Å². The minimum Gasteiger partial charge on any atom is -0.396 e. The van der Waals surface area contributed by atoms with Crippen molar-refractivity contribution in [3.05, 3.63) is 81.8 Å². The Labute approximate surface area is 223 Å². The predicted molar refractivity (Wildman–Crippen MR) is 159 cm³/mol. The lowest BCUT2D eigenvalue weighted by molar-refractivity contribution is 0.596. The maximum Gasteiger partial charge on any atom is 0.170 e. The summed E-state index contributed by atoms with van der Waals surface area (Å²) in [4.78, 5) is 2.35. The van der Waals surface area contributed by atoms with Crippen molar-refractivity contribution in [2.45, 2.75) is 92.0 Å². The van der Waals surface area contributed by atoms with E-state index in [1.165, 1.54) is 16.7 Å². The van der Waals surface area contributed by atoms with E-state index >= 15 is 4.39 Å². The van der Waals surface area contributed by atoms with E-state index in [4.69, 9.17) is 5.73 Å². The molecule has 2 aromatic rings. The summed E-state index contributed by atoms with van der Waals surface area (Å²) < 4.78 is 16.0. The molecule has 0 fully saturated rings. The molecule has 0 radical (unpaired) electrons. The van der Waals surface area contributed by atoms with Gasteiger partial charge in [-0.15, -0.1) is 0 Å². The van der Waals surface area contributed by atoms with Gasteiger partial charge in [-0.1, -0.05) is 64.1 Å².